The predicted octanol–water partition coefficient (Wildman–Crippen LogP) is 2.56. The second-order valence-electron chi connectivity index (χ2n) is 5.99. The Bertz CT molecular complexity index is 989. The molecule has 0 saturated carbocycles. The number of para-hydroxylation sites is 2. The average Bonchev–Trinajstić information content (AvgIpc) is 2.93. The van der Waals surface area contributed by atoms with Crippen LogP contribution in [0.25, 0.3) is 17.1 Å². The molecule has 0 radical (unpaired) electrons. The van der Waals surface area contributed by atoms with Crippen LogP contribution >= 0.6 is 0 Å². The molecule has 0 aliphatic carbocycles. The van der Waals surface area contributed by atoms with Crippen molar-refractivity contribution in [3.63, 3.8) is 0 Å². The fourth-order valence-corrected chi connectivity index (χ4v) is 3.40. The summed E-state index contributed by atoms with van der Waals surface area (Å²) in [5.41, 5.74) is 4.34. The summed E-state index contributed by atoms with van der Waals surface area (Å²) in [5, 5.41) is 0. The molecule has 130 valence electrons. The van der Waals surface area contributed by atoms with E-state index in [0.29, 0.717) is 19.5 Å². The molecule has 3 aromatic rings. The highest BCUT2D eigenvalue weighted by atomic mass is 32.2. The Balaban J connectivity index is 1.86. The molecule has 6 heteroatoms. The van der Waals surface area contributed by atoms with Crippen molar-refractivity contribution in [3.05, 3.63) is 72.6 Å². The molecule has 25 heavy (non-hydrogen) atoms. The summed E-state index contributed by atoms with van der Waals surface area (Å²) in [6.45, 7) is 4.96. The Morgan fingerprint density at radius 3 is 2.52 bits per heavy atom. The van der Waals surface area contributed by atoms with E-state index in [9.17, 15) is 13.0 Å². The van der Waals surface area contributed by atoms with Gasteiger partial charge in [0.2, 0.25) is 6.33 Å². The molecule has 0 saturated heterocycles. The first-order chi connectivity index (χ1) is 12.0. The number of aryl methyl sites for hydroxylation is 1. The van der Waals surface area contributed by atoms with E-state index in [1.165, 1.54) is 5.56 Å². The number of imidazole rings is 1. The summed E-state index contributed by atoms with van der Waals surface area (Å²) < 4.78 is 36.5. The zero-order chi connectivity index (χ0) is 17.9. The van der Waals surface area contributed by atoms with Gasteiger partial charge in [-0.25, -0.2) is 17.6 Å². The van der Waals surface area contributed by atoms with E-state index in [4.69, 9.17) is 0 Å². The first-order valence-corrected chi connectivity index (χ1v) is 9.66. The summed E-state index contributed by atoms with van der Waals surface area (Å²) in [4.78, 5) is 0. The minimum atomic E-state index is -4.17. The third-order valence-corrected chi connectivity index (χ3v) is 4.93. The summed E-state index contributed by atoms with van der Waals surface area (Å²) in [7, 11) is -4.17. The quantitative estimate of drug-likeness (QED) is 0.483. The Labute approximate surface area is 147 Å². The van der Waals surface area contributed by atoms with Crippen molar-refractivity contribution >= 4 is 27.2 Å². The van der Waals surface area contributed by atoms with Gasteiger partial charge in [0, 0.05) is 5.75 Å². The maximum atomic E-state index is 10.8. The van der Waals surface area contributed by atoms with Crippen LogP contribution in [0.1, 0.15) is 17.5 Å². The highest BCUT2D eigenvalue weighted by molar-refractivity contribution is 7.85. The van der Waals surface area contributed by atoms with Gasteiger partial charge < -0.3 is 4.55 Å². The van der Waals surface area contributed by atoms with Crippen molar-refractivity contribution in [3.8, 4) is 0 Å². The van der Waals surface area contributed by atoms with Crippen LogP contribution in [-0.2, 0) is 23.2 Å². The van der Waals surface area contributed by atoms with Gasteiger partial charge in [-0.2, -0.15) is 0 Å². The van der Waals surface area contributed by atoms with Gasteiger partial charge in [-0.3, -0.25) is 0 Å². The van der Waals surface area contributed by atoms with Gasteiger partial charge in [0.15, 0.2) is 11.0 Å². The van der Waals surface area contributed by atoms with E-state index in [1.807, 2.05) is 53.4 Å². The highest BCUT2D eigenvalue weighted by Gasteiger charge is 2.15. The van der Waals surface area contributed by atoms with E-state index in [0.717, 1.165) is 16.6 Å². The van der Waals surface area contributed by atoms with Crippen LogP contribution in [0.3, 0.4) is 0 Å². The van der Waals surface area contributed by atoms with Crippen molar-refractivity contribution in [2.45, 2.75) is 19.5 Å². The third kappa shape index (κ3) is 4.35. The number of benzene rings is 2. The Hall–Kier alpha value is -2.44. The second kappa shape index (κ2) is 7.21. The molecule has 0 N–H and O–H groups in total. The molecule has 2 aromatic carbocycles. The maximum Gasteiger partial charge on any atom is 0.245 e. The lowest BCUT2D eigenvalue weighted by molar-refractivity contribution is -0.663. The van der Waals surface area contributed by atoms with Gasteiger partial charge in [-0.1, -0.05) is 49.1 Å². The molecule has 1 aromatic heterocycles. The van der Waals surface area contributed by atoms with Crippen molar-refractivity contribution < 1.29 is 17.5 Å². The molecule has 0 bridgehead atoms. The topological polar surface area (TPSA) is 66.0 Å². The number of fused-ring (bicyclic) bond motifs is 1. The predicted molar refractivity (Wildman–Crippen MR) is 96.9 cm³/mol. The first kappa shape index (κ1) is 17.4. The van der Waals surface area contributed by atoms with E-state index in [2.05, 4.69) is 23.3 Å². The molecule has 0 aliphatic rings. The van der Waals surface area contributed by atoms with Crippen LogP contribution in [0.2, 0.25) is 0 Å². The molecular weight excluding hydrogens is 336 g/mol. The van der Waals surface area contributed by atoms with Gasteiger partial charge in [-0.05, 0) is 29.7 Å². The Morgan fingerprint density at radius 2 is 1.84 bits per heavy atom. The van der Waals surface area contributed by atoms with Gasteiger partial charge in [0.1, 0.15) is 6.54 Å². The number of nitrogens with zero attached hydrogens (tertiary/aromatic N) is 2. The molecule has 5 nitrogen and oxygen atoms in total. The van der Waals surface area contributed by atoms with E-state index in [-0.39, 0.29) is 5.75 Å². The minimum Gasteiger partial charge on any atom is -0.748 e. The minimum absolute atomic E-state index is 0.304. The van der Waals surface area contributed by atoms with E-state index in [1.54, 1.807) is 0 Å². The lowest BCUT2D eigenvalue weighted by atomic mass is 10.1. The van der Waals surface area contributed by atoms with Crippen molar-refractivity contribution in [2.24, 2.45) is 0 Å². The standard InChI is InChI=1S/C19H20N2O3S/c1-2-16-8-10-17(11-9-16)14-21-15-20(12-5-13-25(22,23)24)18-6-3-4-7-19(18)21/h2-4,6-11,15H,1,5,12-14H2. The average molecular weight is 356 g/mol. The van der Waals surface area contributed by atoms with E-state index < -0.39 is 10.1 Å². The molecule has 0 unspecified atom stereocenters. The van der Waals surface area contributed by atoms with Crippen molar-refractivity contribution in [2.75, 3.05) is 5.75 Å². The fourth-order valence-electron chi connectivity index (χ4n) is 2.91. The molecule has 0 fully saturated rings. The van der Waals surface area contributed by atoms with Crippen molar-refractivity contribution in [1.29, 1.82) is 0 Å². The van der Waals surface area contributed by atoms with Gasteiger partial charge in [0.05, 0.1) is 16.7 Å². The number of aromatic nitrogens is 2. The molecule has 0 atom stereocenters. The highest BCUT2D eigenvalue weighted by Crippen LogP contribution is 2.13. The lowest BCUT2D eigenvalue weighted by Crippen LogP contribution is -2.32. The van der Waals surface area contributed by atoms with Crippen LogP contribution in [-0.4, -0.2) is 23.3 Å². The third-order valence-electron chi connectivity index (χ3n) is 4.14. The summed E-state index contributed by atoms with van der Waals surface area (Å²) in [6, 6.07) is 16.2. The van der Waals surface area contributed by atoms with Crippen molar-refractivity contribution in [1.82, 2.24) is 4.57 Å². The van der Waals surface area contributed by atoms with Crippen LogP contribution in [0.5, 0.6) is 0 Å². The molecular formula is C19H20N2O3S. The monoisotopic (exact) mass is 356 g/mol. The second-order valence-corrected chi connectivity index (χ2v) is 7.51. The molecule has 0 spiro atoms. The smallest absolute Gasteiger partial charge is 0.245 e. The largest absolute Gasteiger partial charge is 0.748 e. The van der Waals surface area contributed by atoms with Crippen LogP contribution < -0.4 is 4.57 Å². The molecule has 0 amide bonds. The number of hydrogen-bond donors (Lipinski definition) is 0. The SMILES string of the molecule is C=Cc1ccc(C[n+]2cn(CCCS(=O)(=O)[O-])c3ccccc32)cc1. The van der Waals surface area contributed by atoms with Gasteiger partial charge in [0.25, 0.3) is 0 Å². The van der Waals surface area contributed by atoms with Crippen LogP contribution in [0.4, 0.5) is 0 Å². The normalized spacial score (nSPS) is 11.7. The molecule has 1 heterocycles. The van der Waals surface area contributed by atoms with Gasteiger partial charge in [-0.15, -0.1) is 0 Å². The summed E-state index contributed by atoms with van der Waals surface area (Å²) in [5.74, 6) is -0.345. The lowest BCUT2D eigenvalue weighted by Gasteiger charge is -2.04. The summed E-state index contributed by atoms with van der Waals surface area (Å²) >= 11 is 0. The number of rotatable bonds is 7. The Morgan fingerprint density at radius 1 is 1.12 bits per heavy atom. The zero-order valence-corrected chi connectivity index (χ0v) is 14.7. The summed E-state index contributed by atoms with van der Waals surface area (Å²) in [6.07, 6.45) is 4.09. The van der Waals surface area contributed by atoms with Gasteiger partial charge >= 0.3 is 0 Å². The number of hydrogen-bond acceptors (Lipinski definition) is 3. The fraction of sp³-hybridized carbons (Fsp3) is 0.211. The maximum absolute atomic E-state index is 10.8. The first-order valence-electron chi connectivity index (χ1n) is 8.08. The molecule has 3 rings (SSSR count). The zero-order valence-electron chi connectivity index (χ0n) is 13.8. The molecule has 0 aliphatic heterocycles. The Kier molecular flexibility index (Phi) is 5.01. The van der Waals surface area contributed by atoms with Crippen LogP contribution in [0.15, 0.2) is 61.4 Å². The van der Waals surface area contributed by atoms with Crippen LogP contribution in [0, 0.1) is 0 Å². The van der Waals surface area contributed by atoms with E-state index >= 15 is 0 Å².